The van der Waals surface area contributed by atoms with Crippen LogP contribution in [0.3, 0.4) is 0 Å². The van der Waals surface area contributed by atoms with Crippen molar-refractivity contribution in [2.75, 3.05) is 0 Å². The van der Waals surface area contributed by atoms with Gasteiger partial charge in [0, 0.05) is 0 Å². The van der Waals surface area contributed by atoms with Gasteiger partial charge in [-0.1, -0.05) is 133 Å². The Labute approximate surface area is 294 Å². The van der Waals surface area contributed by atoms with Gasteiger partial charge in [-0.25, -0.2) is 4.98 Å². The first-order valence-electron chi connectivity index (χ1n) is 17.5. The Morgan fingerprint density at radius 3 is 1.71 bits per heavy atom. The van der Waals surface area contributed by atoms with Gasteiger partial charge in [0.1, 0.15) is 11.3 Å². The maximum atomic E-state index is 6.57. The first-order valence-corrected chi connectivity index (χ1v) is 17.5. The van der Waals surface area contributed by atoms with E-state index < -0.39 is 0 Å². The van der Waals surface area contributed by atoms with Crippen molar-refractivity contribution in [3.05, 3.63) is 170 Å². The number of para-hydroxylation sites is 1. The van der Waals surface area contributed by atoms with Gasteiger partial charge in [0.25, 0.3) is 0 Å². The van der Waals surface area contributed by atoms with Gasteiger partial charge < -0.3 is 4.74 Å². The minimum atomic E-state index is 0.831. The summed E-state index contributed by atoms with van der Waals surface area (Å²) in [5.74, 6) is 2.62. The molecule has 0 aliphatic carbocycles. The molecule has 1 aliphatic heterocycles. The lowest BCUT2D eigenvalue weighted by Gasteiger charge is -2.22. The van der Waals surface area contributed by atoms with Crippen molar-refractivity contribution in [1.29, 1.82) is 0 Å². The van der Waals surface area contributed by atoms with Gasteiger partial charge >= 0.3 is 0 Å². The molecule has 238 valence electrons. The fourth-order valence-corrected chi connectivity index (χ4v) is 8.49. The lowest BCUT2D eigenvalue weighted by Crippen LogP contribution is -2.05. The van der Waals surface area contributed by atoms with E-state index in [9.17, 15) is 0 Å². The largest absolute Gasteiger partial charge is 0.453 e. The molecule has 1 aromatic heterocycles. The highest BCUT2D eigenvalue weighted by atomic mass is 16.5. The minimum absolute atomic E-state index is 0.831. The van der Waals surface area contributed by atoms with Crippen molar-refractivity contribution < 1.29 is 4.74 Å². The number of fused-ring (bicyclic) bond motifs is 6. The van der Waals surface area contributed by atoms with Crippen LogP contribution in [-0.4, -0.2) is 9.55 Å². The number of hydrogen-bond acceptors (Lipinski definition) is 2. The third kappa shape index (κ3) is 4.09. The Bertz CT molecular complexity index is 3070. The van der Waals surface area contributed by atoms with E-state index in [-0.39, 0.29) is 0 Å². The highest BCUT2D eigenvalue weighted by Gasteiger charge is 2.24. The maximum Gasteiger partial charge on any atom is 0.153 e. The van der Waals surface area contributed by atoms with Crippen LogP contribution in [0.2, 0.25) is 0 Å². The monoisotopic (exact) mass is 650 g/mol. The molecule has 9 aromatic carbocycles. The zero-order chi connectivity index (χ0) is 33.6. The summed E-state index contributed by atoms with van der Waals surface area (Å²) >= 11 is 0. The van der Waals surface area contributed by atoms with E-state index in [1.807, 2.05) is 18.2 Å². The first-order chi connectivity index (χ1) is 25.2. The van der Waals surface area contributed by atoms with Crippen molar-refractivity contribution in [1.82, 2.24) is 9.55 Å². The summed E-state index contributed by atoms with van der Waals surface area (Å²) in [5.41, 5.74) is 10.2. The topological polar surface area (TPSA) is 27.1 Å². The van der Waals surface area contributed by atoms with E-state index >= 15 is 0 Å². The van der Waals surface area contributed by atoms with Gasteiger partial charge in [-0.05, 0) is 114 Å². The van der Waals surface area contributed by atoms with Crippen molar-refractivity contribution >= 4 is 54.1 Å². The Hall–Kier alpha value is -6.71. The second-order valence-electron chi connectivity index (χ2n) is 13.5. The van der Waals surface area contributed by atoms with Gasteiger partial charge in [-0.2, -0.15) is 0 Å². The molecule has 0 unspecified atom stereocenters. The van der Waals surface area contributed by atoms with Crippen LogP contribution in [0.25, 0.3) is 93.2 Å². The molecule has 0 bridgehead atoms. The number of imidazole rings is 1. The minimum Gasteiger partial charge on any atom is -0.453 e. The number of rotatable bonds is 3. The highest BCUT2D eigenvalue weighted by molar-refractivity contribution is 6.25. The maximum absolute atomic E-state index is 6.57. The van der Waals surface area contributed by atoms with Crippen LogP contribution in [0, 0.1) is 6.92 Å². The molecule has 0 saturated heterocycles. The van der Waals surface area contributed by atoms with Crippen LogP contribution in [0.5, 0.6) is 11.5 Å². The zero-order valence-corrected chi connectivity index (χ0v) is 27.9. The number of aryl methyl sites for hydroxylation is 1. The molecule has 0 saturated carbocycles. The van der Waals surface area contributed by atoms with Gasteiger partial charge in [0.15, 0.2) is 11.5 Å². The predicted molar refractivity (Wildman–Crippen MR) is 212 cm³/mol. The number of nitrogens with zero attached hydrogens (tertiary/aromatic N) is 2. The second kappa shape index (κ2) is 10.6. The Morgan fingerprint density at radius 1 is 0.451 bits per heavy atom. The van der Waals surface area contributed by atoms with Crippen molar-refractivity contribution in [2.45, 2.75) is 6.92 Å². The molecule has 1 aliphatic rings. The van der Waals surface area contributed by atoms with Crippen LogP contribution >= 0.6 is 0 Å². The fourth-order valence-electron chi connectivity index (χ4n) is 8.49. The molecule has 0 radical (unpaired) electrons. The lowest BCUT2D eigenvalue weighted by molar-refractivity contribution is 0.475. The van der Waals surface area contributed by atoms with Gasteiger partial charge in [-0.15, -0.1) is 0 Å². The predicted octanol–water partition coefficient (Wildman–Crippen LogP) is 13.1. The second-order valence-corrected chi connectivity index (χ2v) is 13.5. The van der Waals surface area contributed by atoms with Gasteiger partial charge in [-0.3, -0.25) is 4.57 Å². The van der Waals surface area contributed by atoms with Crippen molar-refractivity contribution in [2.24, 2.45) is 0 Å². The van der Waals surface area contributed by atoms with Crippen LogP contribution in [-0.2, 0) is 0 Å². The zero-order valence-electron chi connectivity index (χ0n) is 27.9. The van der Waals surface area contributed by atoms with Gasteiger partial charge in [0.2, 0.25) is 0 Å². The summed E-state index contributed by atoms with van der Waals surface area (Å²) in [5, 5.41) is 9.92. The Kier molecular flexibility index (Phi) is 5.88. The Balaban J connectivity index is 1.22. The molecule has 3 heteroatoms. The summed E-state index contributed by atoms with van der Waals surface area (Å²) in [6.07, 6.45) is 0. The van der Waals surface area contributed by atoms with Crippen molar-refractivity contribution in [3.63, 3.8) is 0 Å². The van der Waals surface area contributed by atoms with E-state index in [4.69, 9.17) is 9.72 Å². The van der Waals surface area contributed by atoms with Crippen molar-refractivity contribution in [3.8, 4) is 50.6 Å². The SMILES string of the molecule is Cc1nc2cccc3c2n1-c1ccc(-c2ccc4c(-c5cccc6ccccc56)c5ccccc5c(-c5cccc6ccccc56)c4c2)cc1O3. The molecule has 51 heavy (non-hydrogen) atoms. The number of ether oxygens (including phenoxy) is 1. The van der Waals surface area contributed by atoms with Crippen LogP contribution < -0.4 is 4.74 Å². The lowest BCUT2D eigenvalue weighted by atomic mass is 9.83. The van der Waals surface area contributed by atoms with E-state index in [0.29, 0.717) is 0 Å². The summed E-state index contributed by atoms with van der Waals surface area (Å²) in [7, 11) is 0. The van der Waals surface area contributed by atoms with Gasteiger partial charge in [0.05, 0.1) is 11.2 Å². The normalized spacial score (nSPS) is 12.2. The molecule has 0 N–H and O–H groups in total. The molecular formula is C48H30N2O. The van der Waals surface area contributed by atoms with Crippen LogP contribution in [0.4, 0.5) is 0 Å². The third-order valence-corrected chi connectivity index (χ3v) is 10.7. The highest BCUT2D eigenvalue weighted by Crippen LogP contribution is 2.48. The molecule has 0 fully saturated rings. The number of aromatic nitrogens is 2. The molecule has 0 atom stereocenters. The summed E-state index contributed by atoms with van der Waals surface area (Å²) in [4.78, 5) is 4.82. The molecule has 3 nitrogen and oxygen atoms in total. The molecular weight excluding hydrogens is 621 g/mol. The summed E-state index contributed by atoms with van der Waals surface area (Å²) in [6.45, 7) is 2.06. The molecule has 11 rings (SSSR count). The quantitative estimate of drug-likeness (QED) is 0.178. The molecule has 0 amide bonds. The van der Waals surface area contributed by atoms with Crippen LogP contribution in [0.1, 0.15) is 5.82 Å². The van der Waals surface area contributed by atoms with Crippen LogP contribution in [0.15, 0.2) is 164 Å². The molecule has 0 spiro atoms. The first kappa shape index (κ1) is 28.2. The average molecular weight is 651 g/mol. The number of benzene rings is 9. The Morgan fingerprint density at radius 2 is 1.00 bits per heavy atom. The number of hydrogen-bond donors (Lipinski definition) is 0. The molecule has 2 heterocycles. The molecule has 10 aromatic rings. The summed E-state index contributed by atoms with van der Waals surface area (Å²) < 4.78 is 8.79. The standard InChI is InChI=1S/C48H30N2O/c1-29-49-42-21-10-22-44-48(42)50(29)43-26-24-33(28-45(43)51-44)32-23-25-40-41(27-32)47(37-20-9-14-31-12-3-5-16-35(31)37)39-18-7-6-17-38(39)46(40)36-19-8-13-30-11-2-4-15-34(30)36/h2-28H,1H3. The van der Waals surface area contributed by atoms with E-state index in [0.717, 1.165) is 45.2 Å². The smallest absolute Gasteiger partial charge is 0.153 e. The van der Waals surface area contributed by atoms with E-state index in [2.05, 4.69) is 157 Å². The average Bonchev–Trinajstić information content (AvgIpc) is 3.53. The third-order valence-electron chi connectivity index (χ3n) is 10.7. The van der Waals surface area contributed by atoms with E-state index in [1.54, 1.807) is 0 Å². The summed E-state index contributed by atoms with van der Waals surface area (Å²) in [6, 6.07) is 59.4. The van der Waals surface area contributed by atoms with E-state index in [1.165, 1.54) is 65.3 Å². The fraction of sp³-hybridized carbons (Fsp3) is 0.0208.